The summed E-state index contributed by atoms with van der Waals surface area (Å²) in [5.41, 5.74) is 1.13. The standard InChI is InChI=1S/C16H19ClN2O/c1-15-7-18-9-16(2,14(15)20)10-19(8-15)13(18)11-3-5-12(17)6-4-11/h3-6,13H,7-10H2,1-2H3/p+2. The SMILES string of the molecule is CC12C[NH+]3CC(C)(C[NH+](C1)C3c1ccc(Cl)cc1)C2=O. The van der Waals surface area contributed by atoms with Crippen molar-refractivity contribution >= 4 is 17.4 Å². The van der Waals surface area contributed by atoms with Gasteiger partial charge in [0, 0.05) is 5.02 Å². The van der Waals surface area contributed by atoms with Gasteiger partial charge in [-0.15, -0.1) is 0 Å². The molecule has 0 atom stereocenters. The van der Waals surface area contributed by atoms with Crippen molar-refractivity contribution in [2.75, 3.05) is 26.2 Å². The minimum absolute atomic E-state index is 0.112. The summed E-state index contributed by atoms with van der Waals surface area (Å²) in [5.74, 6) is 0.507. The Labute approximate surface area is 124 Å². The van der Waals surface area contributed by atoms with E-state index in [0.29, 0.717) is 11.9 Å². The molecule has 4 aliphatic heterocycles. The number of rotatable bonds is 1. The number of carbonyl (C=O) groups is 1. The molecule has 0 aliphatic carbocycles. The topological polar surface area (TPSA) is 26.0 Å². The van der Waals surface area contributed by atoms with Crippen molar-refractivity contribution in [3.8, 4) is 0 Å². The van der Waals surface area contributed by atoms with E-state index in [-0.39, 0.29) is 10.8 Å². The highest BCUT2D eigenvalue weighted by atomic mass is 35.5. The smallest absolute Gasteiger partial charge is 0.240 e. The van der Waals surface area contributed by atoms with E-state index >= 15 is 0 Å². The van der Waals surface area contributed by atoms with Crippen LogP contribution >= 0.6 is 11.6 Å². The Morgan fingerprint density at radius 1 is 1.00 bits per heavy atom. The van der Waals surface area contributed by atoms with Crippen LogP contribution in [0.1, 0.15) is 25.6 Å². The molecular formula is C16H21ClN2O+2. The van der Waals surface area contributed by atoms with Gasteiger partial charge in [-0.3, -0.25) is 14.6 Å². The molecule has 2 N–H and O–H groups in total. The fourth-order valence-electron chi connectivity index (χ4n) is 5.13. The van der Waals surface area contributed by atoms with Gasteiger partial charge in [0.15, 0.2) is 5.78 Å². The van der Waals surface area contributed by atoms with E-state index in [4.69, 9.17) is 11.6 Å². The molecule has 4 aliphatic rings. The van der Waals surface area contributed by atoms with E-state index in [2.05, 4.69) is 26.0 Å². The van der Waals surface area contributed by atoms with Crippen LogP contribution in [0.15, 0.2) is 24.3 Å². The lowest BCUT2D eigenvalue weighted by Gasteiger charge is -2.58. The van der Waals surface area contributed by atoms with Crippen LogP contribution < -0.4 is 9.80 Å². The van der Waals surface area contributed by atoms with Crippen molar-refractivity contribution in [3.63, 3.8) is 0 Å². The number of ketones is 1. The number of hydrogen-bond donors (Lipinski definition) is 2. The lowest BCUT2D eigenvalue weighted by molar-refractivity contribution is -1.18. The molecule has 0 radical (unpaired) electrons. The first-order valence-corrected chi connectivity index (χ1v) is 7.79. The first kappa shape index (κ1) is 12.8. The normalized spacial score (nSPS) is 46.0. The van der Waals surface area contributed by atoms with Gasteiger partial charge in [-0.25, -0.2) is 0 Å². The first-order valence-electron chi connectivity index (χ1n) is 7.41. The molecule has 0 amide bonds. The van der Waals surface area contributed by atoms with Crippen molar-refractivity contribution in [3.05, 3.63) is 34.9 Å². The maximum absolute atomic E-state index is 12.7. The van der Waals surface area contributed by atoms with Crippen LogP contribution in [-0.2, 0) is 4.79 Å². The number of quaternary nitrogens is 2. The number of Topliss-reactive ketones (excluding diaryl/α,β-unsaturated/α-hetero) is 1. The predicted molar refractivity (Wildman–Crippen MR) is 76.8 cm³/mol. The van der Waals surface area contributed by atoms with Crippen LogP contribution in [-0.4, -0.2) is 32.0 Å². The molecule has 106 valence electrons. The third-order valence-corrected chi connectivity index (χ3v) is 5.84. The van der Waals surface area contributed by atoms with Crippen LogP contribution in [0, 0.1) is 10.8 Å². The van der Waals surface area contributed by atoms with Gasteiger partial charge in [-0.05, 0) is 38.1 Å². The van der Waals surface area contributed by atoms with Crippen LogP contribution in [0.2, 0.25) is 5.02 Å². The van der Waals surface area contributed by atoms with Gasteiger partial charge in [-0.2, -0.15) is 0 Å². The zero-order chi connectivity index (χ0) is 14.1. The fourth-order valence-corrected chi connectivity index (χ4v) is 5.25. The zero-order valence-corrected chi connectivity index (χ0v) is 12.8. The Balaban J connectivity index is 1.74. The number of nitrogens with one attached hydrogen (secondary N) is 2. The van der Waals surface area contributed by atoms with Gasteiger partial charge < -0.3 is 0 Å². The molecule has 5 rings (SSSR count). The lowest BCUT2D eigenvalue weighted by Crippen LogP contribution is -3.41. The van der Waals surface area contributed by atoms with Crippen molar-refractivity contribution in [1.82, 2.24) is 0 Å². The summed E-state index contributed by atoms with van der Waals surface area (Å²) in [5, 5.41) is 0.793. The number of hydrogen-bond acceptors (Lipinski definition) is 1. The zero-order valence-electron chi connectivity index (χ0n) is 12.0. The van der Waals surface area contributed by atoms with E-state index in [1.807, 2.05) is 12.1 Å². The largest absolute Gasteiger partial charge is 0.297 e. The minimum atomic E-state index is -0.112. The van der Waals surface area contributed by atoms with Crippen LogP contribution in [0.5, 0.6) is 0 Å². The molecular weight excluding hydrogens is 272 g/mol. The molecule has 0 aromatic heterocycles. The average molecular weight is 293 g/mol. The van der Waals surface area contributed by atoms with E-state index < -0.39 is 0 Å². The van der Waals surface area contributed by atoms with Gasteiger partial charge in [0.05, 0.1) is 31.7 Å². The maximum Gasteiger partial charge on any atom is 0.240 e. The monoisotopic (exact) mass is 292 g/mol. The molecule has 4 heterocycles. The Hall–Kier alpha value is -0.900. The molecule has 4 saturated heterocycles. The Morgan fingerprint density at radius 3 is 1.90 bits per heavy atom. The number of carbonyl (C=O) groups excluding carboxylic acids is 1. The minimum Gasteiger partial charge on any atom is -0.297 e. The van der Waals surface area contributed by atoms with E-state index in [9.17, 15) is 4.79 Å². The average Bonchev–Trinajstić information content (AvgIpc) is 2.36. The van der Waals surface area contributed by atoms with Gasteiger partial charge in [0.25, 0.3) is 0 Å². The van der Waals surface area contributed by atoms with Crippen molar-refractivity contribution in [2.24, 2.45) is 10.8 Å². The highest BCUT2D eigenvalue weighted by Gasteiger charge is 2.68. The summed E-state index contributed by atoms with van der Waals surface area (Å²) in [4.78, 5) is 15.8. The Kier molecular flexibility index (Phi) is 2.46. The molecule has 0 unspecified atom stereocenters. The van der Waals surface area contributed by atoms with Gasteiger partial charge in [0.1, 0.15) is 10.8 Å². The molecule has 4 bridgehead atoms. The summed E-state index contributed by atoms with van der Waals surface area (Å²) in [7, 11) is 0. The second kappa shape index (κ2) is 3.85. The number of benzene rings is 1. The third kappa shape index (κ3) is 1.57. The quantitative estimate of drug-likeness (QED) is 0.732. The Bertz CT molecular complexity index is 543. The van der Waals surface area contributed by atoms with E-state index in [1.54, 1.807) is 9.80 Å². The van der Waals surface area contributed by atoms with Gasteiger partial charge in [-0.1, -0.05) is 11.6 Å². The number of piperidine rings is 2. The summed E-state index contributed by atoms with van der Waals surface area (Å²) in [6.07, 6.45) is 0.474. The molecule has 1 aromatic carbocycles. The van der Waals surface area contributed by atoms with E-state index in [1.165, 1.54) is 5.56 Å². The highest BCUT2D eigenvalue weighted by Crippen LogP contribution is 2.36. The summed E-state index contributed by atoms with van der Waals surface area (Å²) < 4.78 is 0. The second-order valence-electron chi connectivity index (χ2n) is 7.46. The first-order chi connectivity index (χ1) is 9.41. The van der Waals surface area contributed by atoms with Crippen LogP contribution in [0.3, 0.4) is 0 Å². The predicted octanol–water partition coefficient (Wildman–Crippen LogP) is -0.269. The molecule has 0 saturated carbocycles. The van der Waals surface area contributed by atoms with Crippen molar-refractivity contribution < 1.29 is 14.6 Å². The van der Waals surface area contributed by atoms with Crippen molar-refractivity contribution in [2.45, 2.75) is 20.0 Å². The molecule has 3 nitrogen and oxygen atoms in total. The molecule has 1 aromatic rings. The van der Waals surface area contributed by atoms with Crippen LogP contribution in [0.25, 0.3) is 0 Å². The van der Waals surface area contributed by atoms with Gasteiger partial charge in [0.2, 0.25) is 6.17 Å². The number of halogens is 1. The molecule has 4 fully saturated rings. The van der Waals surface area contributed by atoms with Crippen molar-refractivity contribution in [1.29, 1.82) is 0 Å². The molecule has 20 heavy (non-hydrogen) atoms. The third-order valence-electron chi connectivity index (χ3n) is 5.59. The van der Waals surface area contributed by atoms with Crippen LogP contribution in [0.4, 0.5) is 0 Å². The van der Waals surface area contributed by atoms with E-state index in [0.717, 1.165) is 31.2 Å². The summed E-state index contributed by atoms with van der Waals surface area (Å²) in [6, 6.07) is 8.28. The molecule has 0 spiro atoms. The second-order valence-corrected chi connectivity index (χ2v) is 7.90. The lowest BCUT2D eigenvalue weighted by atomic mass is 9.62. The summed E-state index contributed by atoms with van der Waals surface area (Å²) in [6.45, 7) is 8.28. The molecule has 4 heteroatoms. The maximum atomic E-state index is 12.7. The van der Waals surface area contributed by atoms with Gasteiger partial charge >= 0.3 is 0 Å². The Morgan fingerprint density at radius 2 is 1.45 bits per heavy atom. The summed E-state index contributed by atoms with van der Waals surface area (Å²) >= 11 is 6.01. The fraction of sp³-hybridized carbons (Fsp3) is 0.562. The highest BCUT2D eigenvalue weighted by molar-refractivity contribution is 6.30.